The lowest BCUT2D eigenvalue weighted by Gasteiger charge is -2.11. The summed E-state index contributed by atoms with van der Waals surface area (Å²) in [6.07, 6.45) is 0. The smallest absolute Gasteiger partial charge is 0.242 e. The summed E-state index contributed by atoms with van der Waals surface area (Å²) in [4.78, 5) is 0. The zero-order chi connectivity index (χ0) is 14.1. The maximum absolute atomic E-state index is 5.95. The molecular weight excluding hydrogens is 272 g/mol. The number of aromatic nitrogens is 2. The molecule has 20 heavy (non-hydrogen) atoms. The van der Waals surface area contributed by atoms with Gasteiger partial charge in [0.05, 0.1) is 0 Å². The molecule has 0 aliphatic heterocycles. The second-order valence-corrected chi connectivity index (χ2v) is 4.98. The maximum Gasteiger partial charge on any atom is 0.242 e. The molecule has 3 rings (SSSR count). The van der Waals surface area contributed by atoms with Crippen LogP contribution < -0.4 is 4.74 Å². The Morgan fingerprint density at radius 2 is 1.65 bits per heavy atom. The highest BCUT2D eigenvalue weighted by Crippen LogP contribution is 2.31. The monoisotopic (exact) mass is 284 g/mol. The summed E-state index contributed by atoms with van der Waals surface area (Å²) in [5, 5.41) is 10.5. The summed E-state index contributed by atoms with van der Waals surface area (Å²) < 4.78 is 5.93. The lowest BCUT2D eigenvalue weighted by atomic mass is 10.1. The highest BCUT2D eigenvalue weighted by molar-refractivity contribution is 6.30. The summed E-state index contributed by atoms with van der Waals surface area (Å²) in [6.45, 7) is 3.83. The minimum atomic E-state index is 0.410. The number of hydrogen-bond donors (Lipinski definition) is 0. The first-order valence-electron chi connectivity index (χ1n) is 6.32. The van der Waals surface area contributed by atoms with E-state index in [4.69, 9.17) is 16.3 Å². The fraction of sp³-hybridized carbons (Fsp3) is 0.125. The van der Waals surface area contributed by atoms with Gasteiger partial charge in [0.15, 0.2) is 5.15 Å². The van der Waals surface area contributed by atoms with Gasteiger partial charge in [-0.15, -0.1) is 10.2 Å². The third-order valence-corrected chi connectivity index (χ3v) is 3.74. The summed E-state index contributed by atoms with van der Waals surface area (Å²) in [7, 11) is 0. The molecule has 0 amide bonds. The van der Waals surface area contributed by atoms with Crippen LogP contribution in [-0.4, -0.2) is 10.2 Å². The van der Waals surface area contributed by atoms with Gasteiger partial charge in [-0.1, -0.05) is 48.0 Å². The normalized spacial score (nSPS) is 10.8. The van der Waals surface area contributed by atoms with Crippen LogP contribution in [0.5, 0.6) is 11.6 Å². The van der Waals surface area contributed by atoms with Crippen LogP contribution in [0.3, 0.4) is 0 Å². The van der Waals surface area contributed by atoms with E-state index in [-0.39, 0.29) is 0 Å². The molecule has 4 heteroatoms. The topological polar surface area (TPSA) is 35.0 Å². The maximum atomic E-state index is 5.95. The minimum Gasteiger partial charge on any atom is -0.437 e. The SMILES string of the molecule is Cc1c(Cl)nnc(Oc2cccc3ccccc23)c1C. The van der Waals surface area contributed by atoms with Crippen molar-refractivity contribution in [2.75, 3.05) is 0 Å². The van der Waals surface area contributed by atoms with Gasteiger partial charge in [0, 0.05) is 10.9 Å². The first kappa shape index (κ1) is 12.9. The van der Waals surface area contributed by atoms with Gasteiger partial charge in [0.2, 0.25) is 5.88 Å². The molecule has 0 atom stereocenters. The third kappa shape index (κ3) is 2.21. The zero-order valence-corrected chi connectivity index (χ0v) is 12.0. The first-order chi connectivity index (χ1) is 9.66. The van der Waals surface area contributed by atoms with Crippen molar-refractivity contribution in [3.8, 4) is 11.6 Å². The highest BCUT2D eigenvalue weighted by atomic mass is 35.5. The van der Waals surface area contributed by atoms with Gasteiger partial charge in [-0.3, -0.25) is 0 Å². The number of halogens is 1. The number of ether oxygens (including phenoxy) is 1. The van der Waals surface area contributed by atoms with E-state index in [0.29, 0.717) is 11.0 Å². The van der Waals surface area contributed by atoms with Crippen molar-refractivity contribution in [1.29, 1.82) is 0 Å². The molecule has 3 aromatic rings. The number of fused-ring (bicyclic) bond motifs is 1. The molecule has 3 nitrogen and oxygen atoms in total. The van der Waals surface area contributed by atoms with E-state index in [0.717, 1.165) is 27.6 Å². The van der Waals surface area contributed by atoms with E-state index in [9.17, 15) is 0 Å². The first-order valence-corrected chi connectivity index (χ1v) is 6.69. The Balaban J connectivity index is 2.08. The van der Waals surface area contributed by atoms with Crippen molar-refractivity contribution in [2.24, 2.45) is 0 Å². The molecule has 0 N–H and O–H groups in total. The number of hydrogen-bond acceptors (Lipinski definition) is 3. The van der Waals surface area contributed by atoms with E-state index in [2.05, 4.69) is 10.2 Å². The van der Waals surface area contributed by atoms with Crippen LogP contribution in [0.2, 0.25) is 5.15 Å². The highest BCUT2D eigenvalue weighted by Gasteiger charge is 2.11. The van der Waals surface area contributed by atoms with Gasteiger partial charge in [-0.2, -0.15) is 0 Å². The second-order valence-electron chi connectivity index (χ2n) is 4.63. The summed E-state index contributed by atoms with van der Waals surface area (Å²) in [5.41, 5.74) is 1.79. The Bertz CT molecular complexity index is 781. The largest absolute Gasteiger partial charge is 0.437 e. The molecule has 100 valence electrons. The van der Waals surface area contributed by atoms with Gasteiger partial charge in [-0.25, -0.2) is 0 Å². The average molecular weight is 285 g/mol. The molecule has 0 bridgehead atoms. The van der Waals surface area contributed by atoms with Crippen LogP contribution in [0.15, 0.2) is 42.5 Å². The van der Waals surface area contributed by atoms with Crippen LogP contribution in [0, 0.1) is 13.8 Å². The Hall–Kier alpha value is -2.13. The van der Waals surface area contributed by atoms with Crippen LogP contribution in [0.1, 0.15) is 11.1 Å². The van der Waals surface area contributed by atoms with Crippen molar-refractivity contribution in [3.05, 3.63) is 58.7 Å². The lowest BCUT2D eigenvalue weighted by molar-refractivity contribution is 0.455. The molecule has 0 fully saturated rings. The van der Waals surface area contributed by atoms with Gasteiger partial charge in [0.25, 0.3) is 0 Å². The van der Waals surface area contributed by atoms with Gasteiger partial charge >= 0.3 is 0 Å². The van der Waals surface area contributed by atoms with Crippen molar-refractivity contribution in [2.45, 2.75) is 13.8 Å². The van der Waals surface area contributed by atoms with Crippen molar-refractivity contribution < 1.29 is 4.74 Å². The molecule has 0 aliphatic carbocycles. The van der Waals surface area contributed by atoms with E-state index in [1.165, 1.54) is 0 Å². The van der Waals surface area contributed by atoms with Crippen molar-refractivity contribution >= 4 is 22.4 Å². The molecule has 0 saturated carbocycles. The Morgan fingerprint density at radius 3 is 2.50 bits per heavy atom. The van der Waals surface area contributed by atoms with E-state index >= 15 is 0 Å². The minimum absolute atomic E-state index is 0.410. The Labute approximate surface area is 122 Å². The van der Waals surface area contributed by atoms with Gasteiger partial charge < -0.3 is 4.74 Å². The number of rotatable bonds is 2. The van der Waals surface area contributed by atoms with Crippen LogP contribution >= 0.6 is 11.6 Å². The van der Waals surface area contributed by atoms with Gasteiger partial charge in [-0.05, 0) is 30.9 Å². The van der Waals surface area contributed by atoms with Crippen LogP contribution in [0.4, 0.5) is 0 Å². The fourth-order valence-corrected chi connectivity index (χ4v) is 2.22. The van der Waals surface area contributed by atoms with Crippen molar-refractivity contribution in [3.63, 3.8) is 0 Å². The van der Waals surface area contributed by atoms with Crippen LogP contribution in [-0.2, 0) is 0 Å². The predicted molar refractivity (Wildman–Crippen MR) is 80.5 cm³/mol. The predicted octanol–water partition coefficient (Wildman–Crippen LogP) is 4.69. The molecule has 0 aliphatic rings. The zero-order valence-electron chi connectivity index (χ0n) is 11.2. The van der Waals surface area contributed by atoms with E-state index < -0.39 is 0 Å². The quantitative estimate of drug-likeness (QED) is 0.684. The van der Waals surface area contributed by atoms with E-state index in [1.807, 2.05) is 56.3 Å². The summed E-state index contributed by atoms with van der Waals surface area (Å²) in [5.74, 6) is 1.26. The Kier molecular flexibility index (Phi) is 3.28. The Morgan fingerprint density at radius 1 is 0.900 bits per heavy atom. The lowest BCUT2D eigenvalue weighted by Crippen LogP contribution is -1.98. The fourth-order valence-electron chi connectivity index (χ4n) is 2.04. The van der Waals surface area contributed by atoms with Crippen LogP contribution in [0.25, 0.3) is 10.8 Å². The molecule has 0 unspecified atom stereocenters. The molecule has 0 saturated heterocycles. The average Bonchev–Trinajstić information content (AvgIpc) is 2.48. The second kappa shape index (κ2) is 5.10. The summed E-state index contributed by atoms with van der Waals surface area (Å²) in [6, 6.07) is 14.0. The third-order valence-electron chi connectivity index (χ3n) is 3.38. The molecule has 0 spiro atoms. The van der Waals surface area contributed by atoms with Gasteiger partial charge in [0.1, 0.15) is 5.75 Å². The van der Waals surface area contributed by atoms with E-state index in [1.54, 1.807) is 0 Å². The van der Waals surface area contributed by atoms with Crippen molar-refractivity contribution in [1.82, 2.24) is 10.2 Å². The molecule has 1 heterocycles. The number of nitrogens with zero attached hydrogens (tertiary/aromatic N) is 2. The summed E-state index contributed by atoms with van der Waals surface area (Å²) >= 11 is 5.95. The molecule has 1 aromatic heterocycles. The number of benzene rings is 2. The molecule has 0 radical (unpaired) electrons. The molecule has 2 aromatic carbocycles. The standard InChI is InChI=1S/C16H13ClN2O/c1-10-11(2)16(19-18-15(10)17)20-14-9-5-7-12-6-3-4-8-13(12)14/h3-9H,1-2H3. The molecular formula is C16H13ClN2O.